The van der Waals surface area contributed by atoms with Gasteiger partial charge in [0.05, 0.1) is 23.8 Å². The molecular weight excluding hydrogens is 431 g/mol. The van der Waals surface area contributed by atoms with Crippen LogP contribution in [0.3, 0.4) is 0 Å². The maximum atomic E-state index is 5.81. The van der Waals surface area contributed by atoms with Crippen LogP contribution in [-0.4, -0.2) is 59.6 Å². The minimum Gasteiger partial charge on any atom is -0.344 e. The van der Waals surface area contributed by atoms with Crippen LogP contribution in [-0.2, 0) is 11.6 Å². The van der Waals surface area contributed by atoms with E-state index in [1.165, 1.54) is 11.5 Å². The number of imidazole rings is 1. The van der Waals surface area contributed by atoms with Crippen molar-refractivity contribution in [2.45, 2.75) is 19.3 Å². The first-order chi connectivity index (χ1) is 15.1. The van der Waals surface area contributed by atoms with Crippen molar-refractivity contribution in [3.05, 3.63) is 42.7 Å². The molecule has 0 saturated carbocycles. The molecule has 1 saturated heterocycles. The Balaban J connectivity index is 1.33. The first kappa shape index (κ1) is 20.5. The molecule has 0 radical (unpaired) electrons. The van der Waals surface area contributed by atoms with Crippen molar-refractivity contribution in [3.8, 4) is 11.3 Å². The molecule has 11 heteroatoms. The van der Waals surface area contributed by atoms with Gasteiger partial charge in [0.25, 0.3) is 0 Å². The summed E-state index contributed by atoms with van der Waals surface area (Å²) in [5, 5.41) is 8.66. The van der Waals surface area contributed by atoms with E-state index in [1.807, 2.05) is 36.2 Å². The highest BCUT2D eigenvalue weighted by Crippen LogP contribution is 2.44. The van der Waals surface area contributed by atoms with Gasteiger partial charge < -0.3 is 9.84 Å². The minimum absolute atomic E-state index is 0.449. The Labute approximate surface area is 186 Å². The van der Waals surface area contributed by atoms with Crippen LogP contribution in [0.5, 0.6) is 0 Å². The monoisotopic (exact) mass is 456 g/mol. The van der Waals surface area contributed by atoms with E-state index in [4.69, 9.17) is 8.90 Å². The van der Waals surface area contributed by atoms with E-state index in [0.717, 1.165) is 53.7 Å². The zero-order valence-electron chi connectivity index (χ0n) is 17.8. The van der Waals surface area contributed by atoms with Crippen LogP contribution in [0.15, 0.2) is 37.1 Å². The van der Waals surface area contributed by atoms with Gasteiger partial charge in [0.15, 0.2) is 11.5 Å². The molecule has 0 spiro atoms. The number of fused-ring (bicyclic) bond motifs is 1. The van der Waals surface area contributed by atoms with Gasteiger partial charge in [-0.25, -0.2) is 9.97 Å². The van der Waals surface area contributed by atoms with Crippen LogP contribution >= 0.6 is 19.8 Å². The lowest BCUT2D eigenvalue weighted by Crippen LogP contribution is -2.15. The van der Waals surface area contributed by atoms with Gasteiger partial charge in [-0.1, -0.05) is 0 Å². The molecule has 1 aliphatic rings. The van der Waals surface area contributed by atoms with Crippen molar-refractivity contribution in [3.63, 3.8) is 0 Å². The van der Waals surface area contributed by atoms with Gasteiger partial charge in [0.2, 0.25) is 0 Å². The largest absolute Gasteiger partial charge is 0.344 e. The summed E-state index contributed by atoms with van der Waals surface area (Å²) in [4.78, 5) is 9.12. The molecule has 0 amide bonds. The predicted octanol–water partition coefficient (Wildman–Crippen LogP) is 4.10. The summed E-state index contributed by atoms with van der Waals surface area (Å²) in [6, 6.07) is 2.15. The molecule has 1 aliphatic heterocycles. The molecule has 2 unspecified atom stereocenters. The third-order valence-corrected chi connectivity index (χ3v) is 8.01. The number of nitrogens with one attached hydrogen (secondary N) is 1. The van der Waals surface area contributed by atoms with Crippen LogP contribution in [0.4, 0.5) is 10.8 Å². The quantitative estimate of drug-likeness (QED) is 0.419. The number of rotatable bonds is 7. The average Bonchev–Trinajstić information content (AvgIpc) is 3.54. The Morgan fingerprint density at radius 1 is 1.32 bits per heavy atom. The van der Waals surface area contributed by atoms with Gasteiger partial charge in [-0.05, 0) is 37.6 Å². The first-order valence-corrected chi connectivity index (χ1v) is 12.7. The van der Waals surface area contributed by atoms with E-state index in [9.17, 15) is 0 Å². The van der Waals surface area contributed by atoms with Crippen LogP contribution in [0.25, 0.3) is 16.9 Å². The lowest BCUT2D eigenvalue weighted by atomic mass is 10.1. The van der Waals surface area contributed by atoms with Crippen molar-refractivity contribution in [1.82, 2.24) is 33.2 Å². The van der Waals surface area contributed by atoms with Crippen molar-refractivity contribution < 1.29 is 4.52 Å². The molecule has 9 nitrogen and oxygen atoms in total. The molecule has 5 heterocycles. The number of anilines is 2. The number of aromatic nitrogens is 6. The molecule has 1 N–H and O–H groups in total. The van der Waals surface area contributed by atoms with Gasteiger partial charge in [-0.3, -0.25) is 13.8 Å². The second-order valence-electron chi connectivity index (χ2n) is 7.54. The summed E-state index contributed by atoms with van der Waals surface area (Å²) >= 11 is 1.47. The summed E-state index contributed by atoms with van der Waals surface area (Å²) < 4.78 is 16.8. The Morgan fingerprint density at radius 2 is 2.23 bits per heavy atom. The van der Waals surface area contributed by atoms with Crippen molar-refractivity contribution in [2.75, 3.05) is 31.7 Å². The second-order valence-corrected chi connectivity index (χ2v) is 10.1. The smallest absolute Gasteiger partial charge is 0.180 e. The van der Waals surface area contributed by atoms with Gasteiger partial charge in [0, 0.05) is 56.8 Å². The average molecular weight is 457 g/mol. The lowest BCUT2D eigenvalue weighted by molar-refractivity contribution is 0.341. The summed E-state index contributed by atoms with van der Waals surface area (Å²) in [6.07, 6.45) is 10.5. The Hall–Kier alpha value is -2.39. The molecule has 4 aromatic rings. The molecule has 0 aliphatic carbocycles. The number of hydrogen-bond acceptors (Lipinski definition) is 8. The normalized spacial score (nSPS) is 18.1. The van der Waals surface area contributed by atoms with E-state index >= 15 is 0 Å². The fraction of sp³-hybridized carbons (Fsp3) is 0.400. The van der Waals surface area contributed by atoms with E-state index < -0.39 is 8.30 Å². The van der Waals surface area contributed by atoms with Gasteiger partial charge in [-0.2, -0.15) is 9.47 Å². The molecule has 162 valence electrons. The Bertz CT molecular complexity index is 1190. The third kappa shape index (κ3) is 4.08. The van der Waals surface area contributed by atoms with Crippen molar-refractivity contribution >= 4 is 36.3 Å². The van der Waals surface area contributed by atoms with Gasteiger partial charge >= 0.3 is 0 Å². The topological polar surface area (TPSA) is 85.4 Å². The van der Waals surface area contributed by atoms with Gasteiger partial charge in [-0.15, -0.1) is 0 Å². The second kappa shape index (κ2) is 8.63. The van der Waals surface area contributed by atoms with Crippen LogP contribution in [0.2, 0.25) is 0 Å². The highest BCUT2D eigenvalue weighted by molar-refractivity contribution is 7.49. The highest BCUT2D eigenvalue weighted by atomic mass is 32.1. The number of nitrogens with zero attached hydrogens (tertiary/aromatic N) is 7. The first-order valence-electron chi connectivity index (χ1n) is 10.3. The fourth-order valence-corrected chi connectivity index (χ4v) is 6.02. The standard InChI is InChI=1S/C20H25N8OPS/c1-4-29-30(3)27-7-5-14(13-27)16-9-18(31-25-16)24-19-20-22-11-17(28(20)8-6-21-19)15-10-23-26(2)12-15/h6,8-12,14H,4-5,7,13H2,1-3H3,(H,21,24). The van der Waals surface area contributed by atoms with E-state index in [1.54, 1.807) is 10.9 Å². The van der Waals surface area contributed by atoms with Crippen molar-refractivity contribution in [2.24, 2.45) is 7.05 Å². The molecular formula is C20H25N8OPS. The zero-order valence-corrected chi connectivity index (χ0v) is 19.5. The summed E-state index contributed by atoms with van der Waals surface area (Å²) in [6.45, 7) is 7.08. The van der Waals surface area contributed by atoms with Crippen LogP contribution < -0.4 is 5.32 Å². The van der Waals surface area contributed by atoms with Crippen molar-refractivity contribution in [1.29, 1.82) is 0 Å². The van der Waals surface area contributed by atoms with E-state index in [0.29, 0.717) is 11.7 Å². The lowest BCUT2D eigenvalue weighted by Gasteiger charge is -2.22. The van der Waals surface area contributed by atoms with Crippen LogP contribution in [0, 0.1) is 0 Å². The molecule has 2 atom stereocenters. The number of aryl methyl sites for hydroxylation is 1. The molecule has 0 aromatic carbocycles. The van der Waals surface area contributed by atoms with E-state index in [2.05, 4.69) is 44.7 Å². The van der Waals surface area contributed by atoms with Gasteiger partial charge in [0.1, 0.15) is 13.3 Å². The minimum atomic E-state index is -0.501. The predicted molar refractivity (Wildman–Crippen MR) is 124 cm³/mol. The fourth-order valence-electron chi connectivity index (χ4n) is 3.94. The summed E-state index contributed by atoms with van der Waals surface area (Å²) in [5.41, 5.74) is 3.91. The molecule has 5 rings (SSSR count). The Kier molecular flexibility index (Phi) is 5.71. The highest BCUT2D eigenvalue weighted by Gasteiger charge is 2.29. The molecule has 4 aromatic heterocycles. The molecule has 31 heavy (non-hydrogen) atoms. The number of hydrogen-bond donors (Lipinski definition) is 1. The van der Waals surface area contributed by atoms with E-state index in [-0.39, 0.29) is 0 Å². The maximum absolute atomic E-state index is 5.81. The summed E-state index contributed by atoms with van der Waals surface area (Å²) in [5.74, 6) is 1.17. The van der Waals surface area contributed by atoms with Crippen LogP contribution in [0.1, 0.15) is 25.0 Å². The molecule has 1 fully saturated rings. The summed E-state index contributed by atoms with van der Waals surface area (Å²) in [7, 11) is 1.41. The Morgan fingerprint density at radius 3 is 3.03 bits per heavy atom. The third-order valence-electron chi connectivity index (χ3n) is 5.50. The maximum Gasteiger partial charge on any atom is 0.180 e. The SMILES string of the molecule is CCOP(C)N1CCC(c2cc(Nc3nccn4c(-c5cnn(C)c5)cnc34)sn2)C1. The zero-order chi connectivity index (χ0) is 21.4. The molecule has 0 bridgehead atoms.